The number of ether oxygens (including phenoxy) is 2. The van der Waals surface area contributed by atoms with Crippen LogP contribution in [-0.2, 0) is 17.8 Å². The van der Waals surface area contributed by atoms with Gasteiger partial charge in [0.1, 0.15) is 6.61 Å². The van der Waals surface area contributed by atoms with Crippen LogP contribution in [-0.4, -0.2) is 52.4 Å². The molecular formula is C19H26IN7O2. The number of halogens is 1. The maximum atomic E-state index is 5.67. The van der Waals surface area contributed by atoms with Crippen molar-refractivity contribution < 1.29 is 9.47 Å². The average Bonchev–Trinajstić information content (AvgIpc) is 3.14. The van der Waals surface area contributed by atoms with Gasteiger partial charge in [-0.1, -0.05) is 12.1 Å². The van der Waals surface area contributed by atoms with Gasteiger partial charge in [-0.05, 0) is 25.1 Å². The minimum absolute atomic E-state index is 0. The van der Waals surface area contributed by atoms with Gasteiger partial charge in [-0.25, -0.2) is 9.98 Å². The summed E-state index contributed by atoms with van der Waals surface area (Å²) in [5, 5.41) is 14.9. The van der Waals surface area contributed by atoms with E-state index < -0.39 is 0 Å². The number of rotatable bonds is 9. The Morgan fingerprint density at radius 3 is 2.86 bits per heavy atom. The molecule has 3 aromatic rings. The van der Waals surface area contributed by atoms with Crippen molar-refractivity contribution in [1.82, 2.24) is 30.2 Å². The number of fused-ring (bicyclic) bond motifs is 1. The smallest absolute Gasteiger partial charge is 0.218 e. The zero-order chi connectivity index (χ0) is 19.6. The lowest BCUT2D eigenvalue weighted by molar-refractivity contribution is 0.143. The van der Waals surface area contributed by atoms with Crippen LogP contribution in [0, 0.1) is 0 Å². The Morgan fingerprint density at radius 1 is 1.14 bits per heavy atom. The molecule has 0 amide bonds. The van der Waals surface area contributed by atoms with Crippen molar-refractivity contribution in [3.05, 3.63) is 54.1 Å². The number of methoxy groups -OCH3 is 1. The number of aliphatic imine (C=N–C) groups is 1. The van der Waals surface area contributed by atoms with Crippen LogP contribution in [0.1, 0.15) is 18.3 Å². The van der Waals surface area contributed by atoms with Gasteiger partial charge in [0.25, 0.3) is 0 Å². The lowest BCUT2D eigenvalue weighted by atomic mass is 10.3. The second-order valence-electron chi connectivity index (χ2n) is 5.90. The molecule has 9 nitrogen and oxygen atoms in total. The molecule has 0 aliphatic heterocycles. The molecule has 0 aromatic carbocycles. The molecule has 0 unspecified atom stereocenters. The van der Waals surface area contributed by atoms with Gasteiger partial charge in [0.15, 0.2) is 17.4 Å². The molecule has 10 heteroatoms. The van der Waals surface area contributed by atoms with Crippen LogP contribution in [0.3, 0.4) is 0 Å². The van der Waals surface area contributed by atoms with Gasteiger partial charge in [-0.3, -0.25) is 4.40 Å². The van der Waals surface area contributed by atoms with Crippen molar-refractivity contribution in [3.63, 3.8) is 0 Å². The molecule has 0 saturated carbocycles. The predicted molar refractivity (Wildman–Crippen MR) is 122 cm³/mol. The normalized spacial score (nSPS) is 11.2. The van der Waals surface area contributed by atoms with Gasteiger partial charge >= 0.3 is 0 Å². The Bertz CT molecular complexity index is 916. The second-order valence-corrected chi connectivity index (χ2v) is 5.90. The van der Waals surface area contributed by atoms with E-state index >= 15 is 0 Å². The van der Waals surface area contributed by atoms with Crippen molar-refractivity contribution >= 4 is 35.6 Å². The third kappa shape index (κ3) is 6.53. The first-order chi connectivity index (χ1) is 13.8. The molecule has 0 aliphatic rings. The summed E-state index contributed by atoms with van der Waals surface area (Å²) in [6, 6.07) is 9.63. The lowest BCUT2D eigenvalue weighted by Crippen LogP contribution is -2.37. The SMILES string of the molecule is CCNC(=NCc1cccnc1OCCOC)NCc1nnc2ccccn12.I. The van der Waals surface area contributed by atoms with E-state index in [2.05, 4.69) is 30.8 Å². The molecule has 0 saturated heterocycles. The van der Waals surface area contributed by atoms with Crippen molar-refractivity contribution in [2.24, 2.45) is 4.99 Å². The summed E-state index contributed by atoms with van der Waals surface area (Å²) in [7, 11) is 1.64. The van der Waals surface area contributed by atoms with Gasteiger partial charge in [-0.15, -0.1) is 34.2 Å². The summed E-state index contributed by atoms with van der Waals surface area (Å²) in [4.78, 5) is 8.92. The molecule has 0 aliphatic carbocycles. The minimum atomic E-state index is 0. The Labute approximate surface area is 187 Å². The fourth-order valence-corrected chi connectivity index (χ4v) is 2.58. The highest BCUT2D eigenvalue weighted by molar-refractivity contribution is 14.0. The summed E-state index contributed by atoms with van der Waals surface area (Å²) >= 11 is 0. The summed E-state index contributed by atoms with van der Waals surface area (Å²) in [5.74, 6) is 2.07. The van der Waals surface area contributed by atoms with Gasteiger partial charge < -0.3 is 20.1 Å². The fraction of sp³-hybridized carbons (Fsp3) is 0.368. The molecule has 29 heavy (non-hydrogen) atoms. The number of aromatic nitrogens is 4. The number of hydrogen-bond acceptors (Lipinski definition) is 6. The first kappa shape index (κ1) is 22.8. The molecule has 0 bridgehead atoms. The summed E-state index contributed by atoms with van der Waals surface area (Å²) in [6.07, 6.45) is 3.64. The zero-order valence-corrected chi connectivity index (χ0v) is 18.9. The molecule has 3 rings (SSSR count). The van der Waals surface area contributed by atoms with Crippen LogP contribution >= 0.6 is 24.0 Å². The molecule has 0 radical (unpaired) electrons. The lowest BCUT2D eigenvalue weighted by Gasteiger charge is -2.12. The summed E-state index contributed by atoms with van der Waals surface area (Å²) in [6.45, 7) is 4.66. The predicted octanol–water partition coefficient (Wildman–Crippen LogP) is 2.02. The van der Waals surface area contributed by atoms with Crippen LogP contribution in [0.15, 0.2) is 47.7 Å². The summed E-state index contributed by atoms with van der Waals surface area (Å²) < 4.78 is 12.6. The third-order valence-corrected chi connectivity index (χ3v) is 3.93. The van der Waals surface area contributed by atoms with Crippen LogP contribution < -0.4 is 15.4 Å². The molecule has 0 atom stereocenters. The summed E-state index contributed by atoms with van der Waals surface area (Å²) in [5.41, 5.74) is 1.72. The van der Waals surface area contributed by atoms with Crippen LogP contribution in [0.2, 0.25) is 0 Å². The third-order valence-electron chi connectivity index (χ3n) is 3.93. The second kappa shape index (κ2) is 12.2. The van der Waals surface area contributed by atoms with Crippen LogP contribution in [0.25, 0.3) is 5.65 Å². The highest BCUT2D eigenvalue weighted by atomic mass is 127. The Balaban J connectivity index is 0.00000300. The van der Waals surface area contributed by atoms with E-state index in [1.165, 1.54) is 0 Å². The highest BCUT2D eigenvalue weighted by Gasteiger charge is 2.07. The Hall–Kier alpha value is -2.47. The number of hydrogen-bond donors (Lipinski definition) is 2. The van der Waals surface area contributed by atoms with Crippen molar-refractivity contribution in [2.75, 3.05) is 26.9 Å². The molecule has 2 N–H and O–H groups in total. The zero-order valence-electron chi connectivity index (χ0n) is 16.5. The van der Waals surface area contributed by atoms with Crippen molar-refractivity contribution in [3.8, 4) is 5.88 Å². The Kier molecular flexibility index (Phi) is 9.57. The molecule has 156 valence electrons. The standard InChI is InChI=1S/C19H25N7O2.HI/c1-3-20-19(23-14-17-25-24-16-8-4-5-10-26(16)17)22-13-15-7-6-9-21-18(15)28-12-11-27-2;/h4-10H,3,11-14H2,1-2H3,(H2,20,22,23);1H. The first-order valence-corrected chi connectivity index (χ1v) is 9.18. The van der Waals surface area contributed by atoms with Crippen LogP contribution in [0.4, 0.5) is 0 Å². The molecule has 3 aromatic heterocycles. The van der Waals surface area contributed by atoms with Gasteiger partial charge in [0.2, 0.25) is 5.88 Å². The Morgan fingerprint density at radius 2 is 2.03 bits per heavy atom. The number of pyridine rings is 2. The average molecular weight is 511 g/mol. The van der Waals surface area contributed by atoms with E-state index in [1.807, 2.05) is 47.9 Å². The largest absolute Gasteiger partial charge is 0.475 e. The number of nitrogens with zero attached hydrogens (tertiary/aromatic N) is 5. The van der Waals surface area contributed by atoms with E-state index in [9.17, 15) is 0 Å². The van der Waals surface area contributed by atoms with E-state index in [0.717, 1.165) is 23.6 Å². The molecule has 0 spiro atoms. The maximum Gasteiger partial charge on any atom is 0.218 e. The monoisotopic (exact) mass is 511 g/mol. The van der Waals surface area contributed by atoms with Crippen molar-refractivity contribution in [1.29, 1.82) is 0 Å². The molecular weight excluding hydrogens is 485 g/mol. The van der Waals surface area contributed by atoms with E-state index in [1.54, 1.807) is 13.3 Å². The van der Waals surface area contributed by atoms with Gasteiger partial charge in [-0.2, -0.15) is 0 Å². The quantitative estimate of drug-likeness (QED) is 0.196. The van der Waals surface area contributed by atoms with Gasteiger partial charge in [0.05, 0.1) is 19.7 Å². The maximum absolute atomic E-state index is 5.67. The van der Waals surface area contributed by atoms with Crippen molar-refractivity contribution in [2.45, 2.75) is 20.0 Å². The molecule has 0 fully saturated rings. The molecule has 3 heterocycles. The fourth-order valence-electron chi connectivity index (χ4n) is 2.58. The first-order valence-electron chi connectivity index (χ1n) is 9.18. The topological polar surface area (TPSA) is 98.0 Å². The van der Waals surface area contributed by atoms with E-state index in [-0.39, 0.29) is 24.0 Å². The highest BCUT2D eigenvalue weighted by Crippen LogP contribution is 2.15. The number of nitrogens with one attached hydrogen (secondary N) is 2. The van der Waals surface area contributed by atoms with Gasteiger partial charge in [0, 0.05) is 31.6 Å². The van der Waals surface area contributed by atoms with E-state index in [0.29, 0.717) is 38.1 Å². The minimum Gasteiger partial charge on any atom is -0.475 e. The van der Waals surface area contributed by atoms with Crippen LogP contribution in [0.5, 0.6) is 5.88 Å². The number of guanidine groups is 1. The van der Waals surface area contributed by atoms with E-state index in [4.69, 9.17) is 9.47 Å².